The molecule has 2 aromatic rings. The summed E-state index contributed by atoms with van der Waals surface area (Å²) in [6.45, 7) is 3.73. The minimum absolute atomic E-state index is 0.290. The van der Waals surface area contributed by atoms with Gasteiger partial charge in [0.05, 0.1) is 5.92 Å². The summed E-state index contributed by atoms with van der Waals surface area (Å²) in [5.41, 5.74) is 1.33. The van der Waals surface area contributed by atoms with Crippen LogP contribution in [0.3, 0.4) is 0 Å². The lowest BCUT2D eigenvalue weighted by molar-refractivity contribution is 0.348. The number of aromatic nitrogens is 2. The van der Waals surface area contributed by atoms with E-state index in [9.17, 15) is 0 Å². The van der Waals surface area contributed by atoms with Crippen molar-refractivity contribution in [1.82, 2.24) is 15.5 Å². The van der Waals surface area contributed by atoms with Crippen LogP contribution in [0.15, 0.2) is 34.9 Å². The van der Waals surface area contributed by atoms with E-state index < -0.39 is 0 Å². The molecule has 2 heterocycles. The second-order valence-corrected chi connectivity index (χ2v) is 4.46. The predicted octanol–water partition coefficient (Wildman–Crippen LogP) is 1.85. The fourth-order valence-corrected chi connectivity index (χ4v) is 2.45. The summed E-state index contributed by atoms with van der Waals surface area (Å²) >= 11 is 0. The Morgan fingerprint density at radius 1 is 1.18 bits per heavy atom. The van der Waals surface area contributed by atoms with E-state index in [1.807, 2.05) is 13.0 Å². The van der Waals surface area contributed by atoms with Crippen molar-refractivity contribution in [2.45, 2.75) is 18.8 Å². The van der Waals surface area contributed by atoms with Gasteiger partial charge in [-0.25, -0.2) is 0 Å². The number of nitrogens with one attached hydrogen (secondary N) is 1. The number of hydrogen-bond acceptors (Lipinski definition) is 4. The van der Waals surface area contributed by atoms with Crippen molar-refractivity contribution < 1.29 is 4.52 Å². The van der Waals surface area contributed by atoms with Crippen molar-refractivity contribution in [2.24, 2.45) is 0 Å². The van der Waals surface area contributed by atoms with Gasteiger partial charge in [-0.2, -0.15) is 4.98 Å². The van der Waals surface area contributed by atoms with Crippen LogP contribution in [-0.4, -0.2) is 23.2 Å². The van der Waals surface area contributed by atoms with Crippen molar-refractivity contribution in [3.8, 4) is 0 Å². The molecule has 0 unspecified atom stereocenters. The Hall–Kier alpha value is -1.68. The highest BCUT2D eigenvalue weighted by Crippen LogP contribution is 2.34. The third-order valence-electron chi connectivity index (χ3n) is 3.30. The van der Waals surface area contributed by atoms with Gasteiger partial charge in [-0.15, -0.1) is 0 Å². The average molecular weight is 229 g/mol. The van der Waals surface area contributed by atoms with Gasteiger partial charge in [-0.05, 0) is 12.5 Å². The van der Waals surface area contributed by atoms with E-state index in [4.69, 9.17) is 4.52 Å². The maximum absolute atomic E-state index is 5.30. The third-order valence-corrected chi connectivity index (χ3v) is 3.30. The molecule has 0 aliphatic carbocycles. The van der Waals surface area contributed by atoms with Crippen molar-refractivity contribution in [2.75, 3.05) is 13.1 Å². The summed E-state index contributed by atoms with van der Waals surface area (Å²) < 4.78 is 5.30. The smallest absolute Gasteiger partial charge is 0.231 e. The Kier molecular flexibility index (Phi) is 2.65. The lowest BCUT2D eigenvalue weighted by atomic mass is 9.89. The van der Waals surface area contributed by atoms with E-state index in [2.05, 4.69) is 39.7 Å². The molecular weight excluding hydrogens is 214 g/mol. The average Bonchev–Trinajstić information content (AvgIpc) is 2.98. The van der Waals surface area contributed by atoms with E-state index in [0.717, 1.165) is 19.0 Å². The molecule has 0 amide bonds. The molecule has 0 saturated carbocycles. The van der Waals surface area contributed by atoms with Crippen LogP contribution >= 0.6 is 0 Å². The van der Waals surface area contributed by atoms with Gasteiger partial charge in [-0.3, -0.25) is 0 Å². The van der Waals surface area contributed by atoms with Gasteiger partial charge >= 0.3 is 0 Å². The van der Waals surface area contributed by atoms with Crippen molar-refractivity contribution in [3.05, 3.63) is 47.6 Å². The number of benzene rings is 1. The maximum Gasteiger partial charge on any atom is 0.231 e. The van der Waals surface area contributed by atoms with Crippen LogP contribution in [0.1, 0.15) is 29.1 Å². The minimum atomic E-state index is 0.290. The molecule has 2 atom stereocenters. The Morgan fingerprint density at radius 2 is 1.94 bits per heavy atom. The number of rotatable bonds is 2. The Bertz CT molecular complexity index is 494. The zero-order chi connectivity index (χ0) is 11.7. The van der Waals surface area contributed by atoms with E-state index in [1.165, 1.54) is 5.56 Å². The molecule has 4 nitrogen and oxygen atoms in total. The molecule has 1 fully saturated rings. The summed E-state index contributed by atoms with van der Waals surface area (Å²) in [4.78, 5) is 4.35. The third kappa shape index (κ3) is 1.96. The van der Waals surface area contributed by atoms with Gasteiger partial charge in [0, 0.05) is 19.0 Å². The van der Waals surface area contributed by atoms with Gasteiger partial charge in [0.25, 0.3) is 0 Å². The summed E-state index contributed by atoms with van der Waals surface area (Å²) in [6, 6.07) is 10.5. The molecule has 88 valence electrons. The van der Waals surface area contributed by atoms with Crippen LogP contribution in [0, 0.1) is 6.92 Å². The van der Waals surface area contributed by atoms with Gasteiger partial charge in [-0.1, -0.05) is 35.5 Å². The molecule has 17 heavy (non-hydrogen) atoms. The molecule has 1 aromatic heterocycles. The molecule has 0 bridgehead atoms. The summed E-state index contributed by atoms with van der Waals surface area (Å²) in [7, 11) is 0. The molecular formula is C13H15N3O. The van der Waals surface area contributed by atoms with Crippen LogP contribution < -0.4 is 5.32 Å². The first-order chi connectivity index (χ1) is 8.34. The van der Waals surface area contributed by atoms with Crippen molar-refractivity contribution >= 4 is 0 Å². The van der Waals surface area contributed by atoms with Crippen LogP contribution in [0.2, 0.25) is 0 Å². The first-order valence-electron chi connectivity index (χ1n) is 5.90. The van der Waals surface area contributed by atoms with E-state index in [0.29, 0.717) is 17.7 Å². The largest absolute Gasteiger partial charge is 0.339 e. The van der Waals surface area contributed by atoms with E-state index in [1.54, 1.807) is 0 Å². The molecule has 1 aromatic carbocycles. The molecule has 1 N–H and O–H groups in total. The Labute approximate surface area is 100 Å². The fraction of sp³-hybridized carbons (Fsp3) is 0.385. The highest BCUT2D eigenvalue weighted by atomic mass is 16.5. The van der Waals surface area contributed by atoms with Crippen LogP contribution in [-0.2, 0) is 0 Å². The van der Waals surface area contributed by atoms with Gasteiger partial charge in [0.15, 0.2) is 5.82 Å². The van der Waals surface area contributed by atoms with Crippen LogP contribution in [0.4, 0.5) is 0 Å². The Morgan fingerprint density at radius 3 is 2.65 bits per heavy atom. The monoisotopic (exact) mass is 229 g/mol. The van der Waals surface area contributed by atoms with Crippen molar-refractivity contribution in [3.63, 3.8) is 0 Å². The predicted molar refractivity (Wildman–Crippen MR) is 63.8 cm³/mol. The molecule has 0 radical (unpaired) electrons. The highest BCUT2D eigenvalue weighted by Gasteiger charge is 2.33. The zero-order valence-electron chi connectivity index (χ0n) is 9.76. The molecule has 1 saturated heterocycles. The zero-order valence-corrected chi connectivity index (χ0v) is 9.76. The maximum atomic E-state index is 5.30. The number of aryl methyl sites for hydroxylation is 1. The molecule has 4 heteroatoms. The Balaban J connectivity index is 1.90. The molecule has 1 aliphatic rings. The van der Waals surface area contributed by atoms with Crippen molar-refractivity contribution in [1.29, 1.82) is 0 Å². The second kappa shape index (κ2) is 4.30. The topological polar surface area (TPSA) is 51.0 Å². The normalized spacial score (nSPS) is 24.1. The fourth-order valence-electron chi connectivity index (χ4n) is 2.45. The first-order valence-corrected chi connectivity index (χ1v) is 5.90. The molecule has 3 rings (SSSR count). The second-order valence-electron chi connectivity index (χ2n) is 4.46. The van der Waals surface area contributed by atoms with Gasteiger partial charge in [0.1, 0.15) is 0 Å². The number of hydrogen-bond donors (Lipinski definition) is 1. The van der Waals surface area contributed by atoms with Crippen LogP contribution in [0.25, 0.3) is 0 Å². The first kappa shape index (κ1) is 10.5. The lowest BCUT2D eigenvalue weighted by Crippen LogP contribution is -2.09. The molecule has 1 aliphatic heterocycles. The van der Waals surface area contributed by atoms with Gasteiger partial charge < -0.3 is 9.84 Å². The highest BCUT2D eigenvalue weighted by molar-refractivity contribution is 5.25. The quantitative estimate of drug-likeness (QED) is 0.853. The standard InChI is InChI=1S/C13H15N3O/c1-9-15-13(17-16-9)12-8-14-7-11(12)10-5-3-2-4-6-10/h2-6,11-12,14H,7-8H2,1H3/t11-,12+/m0/s1. The molecule has 0 spiro atoms. The SMILES string of the molecule is Cc1noc([C@@H]2CNC[C@H]2c2ccccc2)n1. The minimum Gasteiger partial charge on any atom is -0.339 e. The number of nitrogens with zero attached hydrogens (tertiary/aromatic N) is 2. The van der Waals surface area contributed by atoms with Crippen LogP contribution in [0.5, 0.6) is 0 Å². The van der Waals surface area contributed by atoms with E-state index >= 15 is 0 Å². The van der Waals surface area contributed by atoms with E-state index in [-0.39, 0.29) is 0 Å². The summed E-state index contributed by atoms with van der Waals surface area (Å²) in [5.74, 6) is 2.18. The van der Waals surface area contributed by atoms with Gasteiger partial charge in [0.2, 0.25) is 5.89 Å². The lowest BCUT2D eigenvalue weighted by Gasteiger charge is -2.14. The summed E-state index contributed by atoms with van der Waals surface area (Å²) in [5, 5.41) is 7.28. The summed E-state index contributed by atoms with van der Waals surface area (Å²) in [6.07, 6.45) is 0.